The normalized spacial score (nSPS) is 27.7. The van der Waals surface area contributed by atoms with Crippen molar-refractivity contribution in [1.29, 1.82) is 0 Å². The van der Waals surface area contributed by atoms with Crippen LogP contribution >= 0.6 is 0 Å². The summed E-state index contributed by atoms with van der Waals surface area (Å²) in [5.74, 6) is -0.138. The van der Waals surface area contributed by atoms with Gasteiger partial charge in [0.15, 0.2) is 5.78 Å². The third-order valence-electron chi connectivity index (χ3n) is 2.89. The maximum Gasteiger partial charge on any atom is 0.407 e. The van der Waals surface area contributed by atoms with Crippen molar-refractivity contribution in [2.45, 2.75) is 39.3 Å². The zero-order valence-corrected chi connectivity index (χ0v) is 11.4. The fourth-order valence-corrected chi connectivity index (χ4v) is 1.80. The molecule has 18 heavy (non-hydrogen) atoms. The lowest BCUT2D eigenvalue weighted by molar-refractivity contribution is -0.123. The van der Waals surface area contributed by atoms with E-state index in [0.717, 1.165) is 0 Å². The number of rotatable bonds is 3. The van der Waals surface area contributed by atoms with E-state index in [2.05, 4.69) is 11.9 Å². The molecule has 5 nitrogen and oxygen atoms in total. The average molecular weight is 255 g/mol. The van der Waals surface area contributed by atoms with Crippen molar-refractivity contribution in [1.82, 2.24) is 5.32 Å². The molecule has 2 atom stereocenters. The molecule has 1 heterocycles. The topological polar surface area (TPSA) is 64.6 Å². The summed E-state index contributed by atoms with van der Waals surface area (Å²) >= 11 is 0. The summed E-state index contributed by atoms with van der Waals surface area (Å²) in [7, 11) is 0. The van der Waals surface area contributed by atoms with Crippen molar-refractivity contribution in [3.8, 4) is 0 Å². The van der Waals surface area contributed by atoms with E-state index in [1.165, 1.54) is 6.08 Å². The van der Waals surface area contributed by atoms with Gasteiger partial charge in [-0.25, -0.2) is 4.79 Å². The predicted octanol–water partition coefficient (Wildman–Crippen LogP) is 1.67. The van der Waals surface area contributed by atoms with E-state index in [-0.39, 0.29) is 12.4 Å². The number of nitrogens with one attached hydrogen (secondary N) is 1. The maximum atomic E-state index is 11.8. The lowest BCUT2D eigenvalue weighted by Crippen LogP contribution is -2.50. The maximum absolute atomic E-state index is 11.8. The summed E-state index contributed by atoms with van der Waals surface area (Å²) in [6.07, 6.45) is 0.722. The first-order chi connectivity index (χ1) is 8.19. The van der Waals surface area contributed by atoms with Crippen LogP contribution in [-0.4, -0.2) is 36.7 Å². The Morgan fingerprint density at radius 3 is 2.61 bits per heavy atom. The molecule has 0 aromatic rings. The van der Waals surface area contributed by atoms with Crippen molar-refractivity contribution in [2.75, 3.05) is 13.2 Å². The summed E-state index contributed by atoms with van der Waals surface area (Å²) in [5, 5.41) is 2.69. The number of hydrogen-bond donors (Lipinski definition) is 1. The van der Waals surface area contributed by atoms with E-state index < -0.39 is 23.2 Å². The third-order valence-corrected chi connectivity index (χ3v) is 2.89. The molecule has 1 rings (SSSR count). The summed E-state index contributed by atoms with van der Waals surface area (Å²) in [4.78, 5) is 23.5. The molecule has 0 aliphatic carbocycles. The van der Waals surface area contributed by atoms with Gasteiger partial charge in [0.1, 0.15) is 5.60 Å². The van der Waals surface area contributed by atoms with Gasteiger partial charge in [-0.3, -0.25) is 4.79 Å². The molecule has 0 bridgehead atoms. The number of carbonyl (C=O) groups excluding carboxylic acids is 2. The second-order valence-electron chi connectivity index (χ2n) is 5.70. The Kier molecular flexibility index (Phi) is 4.16. The van der Waals surface area contributed by atoms with Crippen molar-refractivity contribution in [2.24, 2.45) is 5.41 Å². The van der Waals surface area contributed by atoms with Gasteiger partial charge in [0.05, 0.1) is 24.7 Å². The molecule has 0 aromatic carbocycles. The molecule has 0 aromatic heterocycles. The number of hydrogen-bond acceptors (Lipinski definition) is 4. The third kappa shape index (κ3) is 3.32. The fourth-order valence-electron chi connectivity index (χ4n) is 1.80. The first kappa shape index (κ1) is 14.7. The highest BCUT2D eigenvalue weighted by atomic mass is 16.6. The Morgan fingerprint density at radius 1 is 1.50 bits per heavy atom. The molecule has 0 saturated carbocycles. The molecule has 1 aliphatic heterocycles. The fraction of sp³-hybridized carbons (Fsp3) is 0.692. The van der Waals surface area contributed by atoms with Crippen LogP contribution in [0.3, 0.4) is 0 Å². The molecule has 5 heteroatoms. The van der Waals surface area contributed by atoms with Crippen molar-refractivity contribution in [3.05, 3.63) is 12.7 Å². The van der Waals surface area contributed by atoms with Gasteiger partial charge in [-0.15, -0.1) is 0 Å². The average Bonchev–Trinajstić information content (AvgIpc) is 2.57. The van der Waals surface area contributed by atoms with Gasteiger partial charge in [0, 0.05) is 0 Å². The van der Waals surface area contributed by atoms with Crippen molar-refractivity contribution in [3.63, 3.8) is 0 Å². The zero-order chi connectivity index (χ0) is 14.0. The molecule has 1 fully saturated rings. The minimum absolute atomic E-state index is 0.138. The van der Waals surface area contributed by atoms with Crippen LogP contribution in [0.15, 0.2) is 12.7 Å². The summed E-state index contributed by atoms with van der Waals surface area (Å²) < 4.78 is 10.5. The molecular formula is C13H21NO4. The van der Waals surface area contributed by atoms with E-state index in [0.29, 0.717) is 6.61 Å². The minimum Gasteiger partial charge on any atom is -0.444 e. The minimum atomic E-state index is -0.765. The molecule has 0 spiro atoms. The van der Waals surface area contributed by atoms with Crippen LogP contribution in [0, 0.1) is 5.41 Å². The number of ether oxygens (including phenoxy) is 2. The summed E-state index contributed by atoms with van der Waals surface area (Å²) in [6, 6.07) is -0.391. The first-order valence-electron chi connectivity index (χ1n) is 5.93. The number of ketones is 1. The Labute approximate surface area is 108 Å². The smallest absolute Gasteiger partial charge is 0.407 e. The molecule has 1 saturated heterocycles. The zero-order valence-electron chi connectivity index (χ0n) is 11.4. The van der Waals surface area contributed by atoms with Crippen LogP contribution in [0.4, 0.5) is 4.79 Å². The van der Waals surface area contributed by atoms with Gasteiger partial charge in [-0.05, 0) is 33.8 Å². The van der Waals surface area contributed by atoms with E-state index in [9.17, 15) is 9.59 Å². The summed E-state index contributed by atoms with van der Waals surface area (Å²) in [5.41, 5.74) is -1.33. The van der Waals surface area contributed by atoms with Gasteiger partial charge in [-0.1, -0.05) is 6.58 Å². The molecule has 1 N–H and O–H groups in total. The molecule has 0 radical (unpaired) electrons. The lowest BCUT2D eigenvalue weighted by Gasteiger charge is -2.28. The highest BCUT2D eigenvalue weighted by Gasteiger charge is 2.46. The van der Waals surface area contributed by atoms with Crippen LogP contribution in [0.1, 0.15) is 27.7 Å². The predicted molar refractivity (Wildman–Crippen MR) is 67.3 cm³/mol. The largest absolute Gasteiger partial charge is 0.444 e. The molecule has 2 unspecified atom stereocenters. The van der Waals surface area contributed by atoms with Crippen LogP contribution in [0.5, 0.6) is 0 Å². The van der Waals surface area contributed by atoms with Gasteiger partial charge in [0.25, 0.3) is 0 Å². The lowest BCUT2D eigenvalue weighted by atomic mass is 9.81. The van der Waals surface area contributed by atoms with Crippen LogP contribution in [0.25, 0.3) is 0 Å². The molecular weight excluding hydrogens is 234 g/mol. The highest BCUT2D eigenvalue weighted by molar-refractivity contribution is 5.95. The Balaban J connectivity index is 2.69. The number of amides is 1. The second kappa shape index (κ2) is 5.10. The number of carbonyl (C=O) groups is 2. The quantitative estimate of drug-likeness (QED) is 0.779. The Bertz CT molecular complexity index is 358. The van der Waals surface area contributed by atoms with E-state index in [1.807, 2.05) is 0 Å². The van der Waals surface area contributed by atoms with Crippen LogP contribution in [0.2, 0.25) is 0 Å². The number of alkyl carbamates (subject to hydrolysis) is 1. The van der Waals surface area contributed by atoms with E-state index >= 15 is 0 Å². The monoisotopic (exact) mass is 255 g/mol. The Morgan fingerprint density at radius 2 is 2.11 bits per heavy atom. The van der Waals surface area contributed by atoms with Gasteiger partial charge < -0.3 is 14.8 Å². The molecule has 1 amide bonds. The SMILES string of the molecule is C=CC(=O)C1(C)COCC1NC(=O)OC(C)(C)C. The van der Waals surface area contributed by atoms with Crippen molar-refractivity contribution < 1.29 is 19.1 Å². The second-order valence-corrected chi connectivity index (χ2v) is 5.70. The van der Waals surface area contributed by atoms with E-state index in [1.54, 1.807) is 27.7 Å². The number of allylic oxidation sites excluding steroid dienone is 1. The standard InChI is InChI=1S/C13H21NO4/c1-6-10(15)13(5)8-17-7-9(13)14-11(16)18-12(2,3)4/h6,9H,1,7-8H2,2-5H3,(H,14,16). The van der Waals surface area contributed by atoms with Crippen LogP contribution < -0.4 is 5.32 Å². The van der Waals surface area contributed by atoms with Crippen molar-refractivity contribution >= 4 is 11.9 Å². The van der Waals surface area contributed by atoms with Crippen LogP contribution in [-0.2, 0) is 14.3 Å². The highest BCUT2D eigenvalue weighted by Crippen LogP contribution is 2.30. The van der Waals surface area contributed by atoms with Gasteiger partial charge >= 0.3 is 6.09 Å². The van der Waals surface area contributed by atoms with Gasteiger partial charge in [0.2, 0.25) is 0 Å². The Hall–Kier alpha value is -1.36. The van der Waals surface area contributed by atoms with E-state index in [4.69, 9.17) is 9.47 Å². The van der Waals surface area contributed by atoms with Gasteiger partial charge in [-0.2, -0.15) is 0 Å². The molecule has 1 aliphatic rings. The molecule has 102 valence electrons. The first-order valence-corrected chi connectivity index (χ1v) is 5.93. The summed E-state index contributed by atoms with van der Waals surface area (Å²) in [6.45, 7) is 11.2.